The molecule has 0 aliphatic heterocycles. The molecule has 16 heavy (non-hydrogen) atoms. The van der Waals surface area contributed by atoms with E-state index in [1.807, 2.05) is 0 Å². The number of phenolic OH excluding ortho intramolecular Hbond substituents is 2. The summed E-state index contributed by atoms with van der Waals surface area (Å²) in [6.07, 6.45) is -0.221. The van der Waals surface area contributed by atoms with Gasteiger partial charge in [0.15, 0.2) is 0 Å². The van der Waals surface area contributed by atoms with Crippen LogP contribution in [0.2, 0.25) is 0 Å². The zero-order valence-corrected chi connectivity index (χ0v) is 8.30. The van der Waals surface area contributed by atoms with Crippen molar-refractivity contribution in [1.29, 1.82) is 0 Å². The summed E-state index contributed by atoms with van der Waals surface area (Å²) >= 11 is 0. The summed E-state index contributed by atoms with van der Waals surface area (Å²) in [5, 5.41) is 27.8. The van der Waals surface area contributed by atoms with Crippen molar-refractivity contribution < 1.29 is 24.9 Å². The normalized spacial score (nSPS) is 17.9. The molecule has 3 N–H and O–H groups in total. The third-order valence-corrected chi connectivity index (χ3v) is 2.90. The Morgan fingerprint density at radius 1 is 1.25 bits per heavy atom. The number of aromatic hydroxyl groups is 2. The Hall–Kier alpha value is -2.04. The van der Waals surface area contributed by atoms with Crippen LogP contribution in [0.5, 0.6) is 11.5 Å². The van der Waals surface area contributed by atoms with E-state index in [4.69, 9.17) is 10.2 Å². The summed E-state index contributed by atoms with van der Waals surface area (Å²) < 4.78 is 0. The van der Waals surface area contributed by atoms with Crippen molar-refractivity contribution in [3.63, 3.8) is 0 Å². The molecular formula is C11H10O5. The largest absolute Gasteiger partial charge is 0.508 e. The third-order valence-electron chi connectivity index (χ3n) is 2.90. The summed E-state index contributed by atoms with van der Waals surface area (Å²) in [6.45, 7) is 0. The van der Waals surface area contributed by atoms with Crippen LogP contribution in [0.1, 0.15) is 18.4 Å². The quantitative estimate of drug-likeness (QED) is 0.687. The lowest BCUT2D eigenvalue weighted by Crippen LogP contribution is -2.48. The molecule has 0 unspecified atom stereocenters. The van der Waals surface area contributed by atoms with Gasteiger partial charge in [0.05, 0.1) is 0 Å². The van der Waals surface area contributed by atoms with E-state index in [1.165, 1.54) is 12.1 Å². The standard InChI is InChI=1S/C11H10O5/c12-6-1-2-8(9(14)3-6)11(10(15)16)4-7(13)5-11/h1-3,12,14H,4-5H2,(H,15,16). The molecule has 5 nitrogen and oxygen atoms in total. The molecule has 1 aliphatic carbocycles. The van der Waals surface area contributed by atoms with E-state index in [1.54, 1.807) is 0 Å². The molecule has 1 saturated carbocycles. The van der Waals surface area contributed by atoms with Gasteiger partial charge in [-0.1, -0.05) is 6.07 Å². The maximum Gasteiger partial charge on any atom is 0.315 e. The van der Waals surface area contributed by atoms with E-state index in [-0.39, 0.29) is 35.7 Å². The second-order valence-corrected chi connectivity index (χ2v) is 3.98. The fourth-order valence-electron chi connectivity index (χ4n) is 2.00. The van der Waals surface area contributed by atoms with Gasteiger partial charge in [-0.05, 0) is 6.07 Å². The molecule has 0 aromatic heterocycles. The van der Waals surface area contributed by atoms with Crippen LogP contribution in [0.25, 0.3) is 0 Å². The molecule has 84 valence electrons. The van der Waals surface area contributed by atoms with Crippen LogP contribution in [-0.2, 0) is 15.0 Å². The minimum absolute atomic E-state index is 0.110. The molecule has 1 aromatic rings. The predicted octanol–water partition coefficient (Wildman–Crippen LogP) is 0.783. The molecule has 0 heterocycles. The second kappa shape index (κ2) is 3.23. The number of benzene rings is 1. The number of phenols is 2. The van der Waals surface area contributed by atoms with Gasteiger partial charge in [-0.25, -0.2) is 0 Å². The summed E-state index contributed by atoms with van der Waals surface area (Å²) in [5.74, 6) is -1.72. The van der Waals surface area contributed by atoms with Gasteiger partial charge in [0, 0.05) is 24.5 Å². The molecule has 0 spiro atoms. The number of carbonyl (C=O) groups excluding carboxylic acids is 1. The average Bonchev–Trinajstić information content (AvgIpc) is 2.12. The van der Waals surface area contributed by atoms with Crippen LogP contribution in [-0.4, -0.2) is 27.1 Å². The van der Waals surface area contributed by atoms with Crippen LogP contribution < -0.4 is 0 Å². The number of aliphatic carboxylic acids is 1. The molecule has 2 rings (SSSR count). The summed E-state index contributed by atoms with van der Waals surface area (Å²) in [4.78, 5) is 22.1. The predicted molar refractivity (Wildman–Crippen MR) is 53.3 cm³/mol. The van der Waals surface area contributed by atoms with Gasteiger partial charge in [-0.3, -0.25) is 9.59 Å². The van der Waals surface area contributed by atoms with E-state index in [0.717, 1.165) is 6.07 Å². The monoisotopic (exact) mass is 222 g/mol. The average molecular weight is 222 g/mol. The van der Waals surface area contributed by atoms with Crippen molar-refractivity contribution in [1.82, 2.24) is 0 Å². The van der Waals surface area contributed by atoms with Crippen LogP contribution in [0, 0.1) is 0 Å². The summed E-state index contributed by atoms with van der Waals surface area (Å²) in [5.41, 5.74) is -1.15. The fourth-order valence-corrected chi connectivity index (χ4v) is 2.00. The van der Waals surface area contributed by atoms with Gasteiger partial charge in [0.2, 0.25) is 0 Å². The van der Waals surface area contributed by atoms with E-state index >= 15 is 0 Å². The first kappa shape index (κ1) is 10.5. The molecule has 1 fully saturated rings. The molecule has 0 atom stereocenters. The number of carbonyl (C=O) groups is 2. The highest BCUT2D eigenvalue weighted by molar-refractivity contribution is 6.01. The lowest BCUT2D eigenvalue weighted by Gasteiger charge is -2.36. The minimum Gasteiger partial charge on any atom is -0.508 e. The van der Waals surface area contributed by atoms with Gasteiger partial charge >= 0.3 is 5.97 Å². The highest BCUT2D eigenvalue weighted by Gasteiger charge is 2.52. The van der Waals surface area contributed by atoms with Gasteiger partial charge in [-0.15, -0.1) is 0 Å². The van der Waals surface area contributed by atoms with Crippen molar-refractivity contribution in [2.75, 3.05) is 0 Å². The van der Waals surface area contributed by atoms with Gasteiger partial charge in [0.25, 0.3) is 0 Å². The second-order valence-electron chi connectivity index (χ2n) is 3.98. The summed E-state index contributed by atoms with van der Waals surface area (Å²) in [7, 11) is 0. The smallest absolute Gasteiger partial charge is 0.315 e. The van der Waals surface area contributed by atoms with Crippen LogP contribution >= 0.6 is 0 Å². The van der Waals surface area contributed by atoms with Crippen LogP contribution in [0.3, 0.4) is 0 Å². The Morgan fingerprint density at radius 3 is 2.31 bits per heavy atom. The number of Topliss-reactive ketones (excluding diaryl/α,β-unsaturated/α-hetero) is 1. The van der Waals surface area contributed by atoms with Crippen LogP contribution in [0.4, 0.5) is 0 Å². The zero-order valence-electron chi connectivity index (χ0n) is 8.30. The number of hydrogen-bond donors (Lipinski definition) is 3. The number of carboxylic acids is 1. The lowest BCUT2D eigenvalue weighted by atomic mass is 9.63. The Morgan fingerprint density at radius 2 is 1.88 bits per heavy atom. The molecule has 0 radical (unpaired) electrons. The Bertz CT molecular complexity index is 469. The highest BCUT2D eigenvalue weighted by atomic mass is 16.4. The minimum atomic E-state index is -1.32. The number of carboxylic acid groups (broad SMARTS) is 1. The first-order valence-corrected chi connectivity index (χ1v) is 4.73. The van der Waals surface area contributed by atoms with Crippen molar-refractivity contribution in [2.45, 2.75) is 18.3 Å². The van der Waals surface area contributed by atoms with Gasteiger partial charge < -0.3 is 15.3 Å². The Balaban J connectivity index is 2.49. The number of rotatable bonds is 2. The van der Waals surface area contributed by atoms with Gasteiger partial charge in [-0.2, -0.15) is 0 Å². The van der Waals surface area contributed by atoms with E-state index in [2.05, 4.69) is 0 Å². The summed E-state index contributed by atoms with van der Waals surface area (Å²) in [6, 6.07) is 3.70. The maximum atomic E-state index is 11.2. The Kier molecular flexibility index (Phi) is 2.11. The van der Waals surface area contributed by atoms with E-state index in [0.29, 0.717) is 0 Å². The fraction of sp³-hybridized carbons (Fsp3) is 0.273. The molecule has 0 saturated heterocycles. The van der Waals surface area contributed by atoms with Crippen molar-refractivity contribution in [3.05, 3.63) is 23.8 Å². The first-order chi connectivity index (χ1) is 7.45. The third kappa shape index (κ3) is 1.32. The molecule has 0 amide bonds. The number of ketones is 1. The zero-order chi connectivity index (χ0) is 11.9. The highest BCUT2D eigenvalue weighted by Crippen LogP contribution is 2.45. The van der Waals surface area contributed by atoms with E-state index < -0.39 is 11.4 Å². The maximum absolute atomic E-state index is 11.2. The molecule has 1 aliphatic rings. The molecule has 5 heteroatoms. The SMILES string of the molecule is O=C1CC(C(=O)O)(c2ccc(O)cc2O)C1. The van der Waals surface area contributed by atoms with E-state index in [9.17, 15) is 14.7 Å². The van der Waals surface area contributed by atoms with Crippen molar-refractivity contribution in [2.24, 2.45) is 0 Å². The van der Waals surface area contributed by atoms with Gasteiger partial charge in [0.1, 0.15) is 22.7 Å². The number of hydrogen-bond acceptors (Lipinski definition) is 4. The molecular weight excluding hydrogens is 212 g/mol. The topological polar surface area (TPSA) is 94.8 Å². The molecule has 0 bridgehead atoms. The van der Waals surface area contributed by atoms with Crippen molar-refractivity contribution in [3.8, 4) is 11.5 Å². The first-order valence-electron chi connectivity index (χ1n) is 4.73. The molecule has 1 aromatic carbocycles. The lowest BCUT2D eigenvalue weighted by molar-refractivity contribution is -0.153. The van der Waals surface area contributed by atoms with Crippen LogP contribution in [0.15, 0.2) is 18.2 Å². The van der Waals surface area contributed by atoms with Crippen molar-refractivity contribution >= 4 is 11.8 Å². The Labute approximate surface area is 91.0 Å².